The van der Waals surface area contributed by atoms with Gasteiger partial charge in [0.15, 0.2) is 0 Å². The Labute approximate surface area is 122 Å². The van der Waals surface area contributed by atoms with Crippen molar-refractivity contribution in [3.05, 3.63) is 65.2 Å². The van der Waals surface area contributed by atoms with Gasteiger partial charge in [-0.05, 0) is 35.9 Å². The van der Waals surface area contributed by atoms with Crippen molar-refractivity contribution >= 4 is 29.3 Å². The van der Waals surface area contributed by atoms with Crippen molar-refractivity contribution in [1.82, 2.24) is 0 Å². The molecule has 0 heterocycles. The highest BCUT2D eigenvalue weighted by Crippen LogP contribution is 2.17. The van der Waals surface area contributed by atoms with E-state index in [1.165, 1.54) is 0 Å². The third-order valence-corrected chi connectivity index (χ3v) is 2.94. The fourth-order valence-electron chi connectivity index (χ4n) is 1.63. The second-order valence-electron chi connectivity index (χ2n) is 4.09. The number of hydrogen-bond donors (Lipinski definition) is 1. The highest BCUT2D eigenvalue weighted by Gasteiger charge is 2.07. The maximum absolute atomic E-state index is 11.9. The Morgan fingerprint density at radius 3 is 2.35 bits per heavy atom. The van der Waals surface area contributed by atoms with E-state index in [-0.39, 0.29) is 10.9 Å². The molecule has 0 aromatic heterocycles. The van der Waals surface area contributed by atoms with Gasteiger partial charge in [0, 0.05) is 5.69 Å². The number of benzene rings is 2. The van der Waals surface area contributed by atoms with E-state index in [1.807, 2.05) is 30.3 Å². The third kappa shape index (κ3) is 3.87. The lowest BCUT2D eigenvalue weighted by atomic mass is 10.2. The van der Waals surface area contributed by atoms with Gasteiger partial charge in [-0.15, -0.1) is 0 Å². The molecular weight excluding hydrogens is 274 g/mol. The zero-order valence-electron chi connectivity index (χ0n) is 11.0. The number of carbonyl (C=O) groups excluding carboxylic acids is 1. The molecule has 0 spiro atoms. The fourth-order valence-corrected chi connectivity index (χ4v) is 1.80. The SMILES string of the molecule is COc1ccc(NC(=O)C(Cl)=Cc2ccccc2)cc1. The van der Waals surface area contributed by atoms with E-state index in [1.54, 1.807) is 37.5 Å². The van der Waals surface area contributed by atoms with E-state index >= 15 is 0 Å². The van der Waals surface area contributed by atoms with Crippen molar-refractivity contribution < 1.29 is 9.53 Å². The molecule has 0 bridgehead atoms. The first-order chi connectivity index (χ1) is 9.69. The molecule has 2 aromatic rings. The number of ether oxygens (including phenoxy) is 1. The molecule has 1 amide bonds. The van der Waals surface area contributed by atoms with Crippen molar-refractivity contribution in [2.45, 2.75) is 0 Å². The topological polar surface area (TPSA) is 38.3 Å². The number of methoxy groups -OCH3 is 1. The molecule has 2 aromatic carbocycles. The van der Waals surface area contributed by atoms with Gasteiger partial charge in [0.2, 0.25) is 0 Å². The molecule has 20 heavy (non-hydrogen) atoms. The minimum absolute atomic E-state index is 0.131. The Morgan fingerprint density at radius 1 is 1.10 bits per heavy atom. The number of halogens is 1. The van der Waals surface area contributed by atoms with Crippen LogP contribution < -0.4 is 10.1 Å². The van der Waals surface area contributed by atoms with Crippen molar-refractivity contribution in [3.63, 3.8) is 0 Å². The van der Waals surface area contributed by atoms with Crippen LogP contribution in [0.3, 0.4) is 0 Å². The monoisotopic (exact) mass is 287 g/mol. The van der Waals surface area contributed by atoms with Crippen LogP contribution >= 0.6 is 11.6 Å². The van der Waals surface area contributed by atoms with E-state index in [4.69, 9.17) is 16.3 Å². The summed E-state index contributed by atoms with van der Waals surface area (Å²) in [7, 11) is 1.59. The lowest BCUT2D eigenvalue weighted by Gasteiger charge is -2.05. The first-order valence-corrected chi connectivity index (χ1v) is 6.44. The molecule has 0 radical (unpaired) electrons. The summed E-state index contributed by atoms with van der Waals surface area (Å²) in [5.41, 5.74) is 1.54. The zero-order chi connectivity index (χ0) is 14.4. The Balaban J connectivity index is 2.05. The van der Waals surface area contributed by atoms with Crippen molar-refractivity contribution in [2.24, 2.45) is 0 Å². The number of hydrogen-bond acceptors (Lipinski definition) is 2. The molecule has 3 nitrogen and oxygen atoms in total. The van der Waals surface area contributed by atoms with Crippen LogP contribution in [-0.4, -0.2) is 13.0 Å². The van der Waals surface area contributed by atoms with Gasteiger partial charge in [-0.3, -0.25) is 4.79 Å². The van der Waals surface area contributed by atoms with Gasteiger partial charge in [-0.25, -0.2) is 0 Å². The minimum Gasteiger partial charge on any atom is -0.497 e. The molecule has 102 valence electrons. The van der Waals surface area contributed by atoms with E-state index in [2.05, 4.69) is 5.32 Å². The van der Waals surface area contributed by atoms with Crippen LogP contribution in [0.25, 0.3) is 6.08 Å². The predicted octanol–water partition coefficient (Wildman–Crippen LogP) is 3.91. The average molecular weight is 288 g/mol. The summed E-state index contributed by atoms with van der Waals surface area (Å²) < 4.78 is 5.05. The van der Waals surface area contributed by atoms with Crippen molar-refractivity contribution in [2.75, 3.05) is 12.4 Å². The van der Waals surface area contributed by atoms with Crippen LogP contribution in [0.1, 0.15) is 5.56 Å². The summed E-state index contributed by atoms with van der Waals surface area (Å²) >= 11 is 6.00. The molecule has 0 atom stereocenters. The Kier molecular flexibility index (Phi) is 4.80. The van der Waals surface area contributed by atoms with Crippen molar-refractivity contribution in [3.8, 4) is 5.75 Å². The molecule has 4 heteroatoms. The molecule has 0 aliphatic carbocycles. The molecule has 0 aliphatic rings. The maximum atomic E-state index is 11.9. The highest BCUT2D eigenvalue weighted by atomic mass is 35.5. The quantitative estimate of drug-likeness (QED) is 0.866. The number of anilines is 1. The normalized spacial score (nSPS) is 11.0. The highest BCUT2D eigenvalue weighted by molar-refractivity contribution is 6.45. The number of nitrogens with one attached hydrogen (secondary N) is 1. The molecule has 0 saturated carbocycles. The summed E-state index contributed by atoms with van der Waals surface area (Å²) in [5.74, 6) is 0.384. The van der Waals surface area contributed by atoms with E-state index in [9.17, 15) is 4.79 Å². The van der Waals surface area contributed by atoms with E-state index in [0.29, 0.717) is 5.69 Å². The Hall–Kier alpha value is -2.26. The first kappa shape index (κ1) is 14.2. The molecule has 0 unspecified atom stereocenters. The summed E-state index contributed by atoms with van der Waals surface area (Å²) in [6.45, 7) is 0. The summed E-state index contributed by atoms with van der Waals surface area (Å²) in [4.78, 5) is 11.9. The standard InChI is InChI=1S/C16H14ClNO2/c1-20-14-9-7-13(8-10-14)18-16(19)15(17)11-12-5-3-2-4-6-12/h2-11H,1H3,(H,18,19). The molecule has 0 fully saturated rings. The largest absolute Gasteiger partial charge is 0.497 e. The predicted molar refractivity (Wildman–Crippen MR) is 81.9 cm³/mol. The molecular formula is C16H14ClNO2. The summed E-state index contributed by atoms with van der Waals surface area (Å²) in [6.07, 6.45) is 1.63. The van der Waals surface area contributed by atoms with Gasteiger partial charge in [0.25, 0.3) is 5.91 Å². The maximum Gasteiger partial charge on any atom is 0.267 e. The third-order valence-electron chi connectivity index (χ3n) is 2.66. The van der Waals surface area contributed by atoms with Gasteiger partial charge < -0.3 is 10.1 Å². The Bertz CT molecular complexity index is 606. The van der Waals surface area contributed by atoms with E-state index < -0.39 is 0 Å². The molecule has 1 N–H and O–H groups in total. The van der Waals surface area contributed by atoms with Crippen LogP contribution in [0, 0.1) is 0 Å². The average Bonchev–Trinajstić information content (AvgIpc) is 2.49. The number of carbonyl (C=O) groups is 1. The van der Waals surface area contributed by atoms with Crippen LogP contribution in [0.4, 0.5) is 5.69 Å². The minimum atomic E-state index is -0.347. The van der Waals surface area contributed by atoms with Crippen LogP contribution in [0.15, 0.2) is 59.6 Å². The lowest BCUT2D eigenvalue weighted by Crippen LogP contribution is -2.11. The van der Waals surface area contributed by atoms with Gasteiger partial charge in [0.1, 0.15) is 10.8 Å². The Morgan fingerprint density at radius 2 is 1.75 bits per heavy atom. The molecule has 0 saturated heterocycles. The van der Waals surface area contributed by atoms with Crippen LogP contribution in [0.2, 0.25) is 0 Å². The second-order valence-corrected chi connectivity index (χ2v) is 4.49. The number of amides is 1. The van der Waals surface area contributed by atoms with Gasteiger partial charge in [-0.2, -0.15) is 0 Å². The summed E-state index contributed by atoms with van der Waals surface area (Å²) in [6, 6.07) is 16.5. The smallest absolute Gasteiger partial charge is 0.267 e. The van der Waals surface area contributed by atoms with Gasteiger partial charge in [0.05, 0.1) is 7.11 Å². The first-order valence-electron chi connectivity index (χ1n) is 6.06. The molecule has 2 rings (SSSR count). The van der Waals surface area contributed by atoms with Crippen molar-refractivity contribution in [1.29, 1.82) is 0 Å². The van der Waals surface area contributed by atoms with Gasteiger partial charge >= 0.3 is 0 Å². The van der Waals surface area contributed by atoms with E-state index in [0.717, 1.165) is 11.3 Å². The molecule has 0 aliphatic heterocycles. The lowest BCUT2D eigenvalue weighted by molar-refractivity contribution is -0.112. The van der Waals surface area contributed by atoms with Crippen LogP contribution in [0.5, 0.6) is 5.75 Å². The van der Waals surface area contributed by atoms with Crippen LogP contribution in [-0.2, 0) is 4.79 Å². The summed E-state index contributed by atoms with van der Waals surface area (Å²) in [5, 5.41) is 2.85. The van der Waals surface area contributed by atoms with Gasteiger partial charge in [-0.1, -0.05) is 41.9 Å². The second kappa shape index (κ2) is 6.78. The fraction of sp³-hybridized carbons (Fsp3) is 0.0625. The zero-order valence-corrected chi connectivity index (χ0v) is 11.7. The number of rotatable bonds is 4.